The lowest BCUT2D eigenvalue weighted by Gasteiger charge is -2.20. The molecule has 1 fully saturated rings. The molecule has 1 amide bonds. The van der Waals surface area contributed by atoms with Crippen LogP contribution < -0.4 is 10.1 Å². The van der Waals surface area contributed by atoms with Gasteiger partial charge in [0.15, 0.2) is 21.2 Å². The molecule has 1 aromatic heterocycles. The van der Waals surface area contributed by atoms with Crippen molar-refractivity contribution in [2.75, 3.05) is 19.4 Å². The summed E-state index contributed by atoms with van der Waals surface area (Å²) in [6.45, 7) is -0.839. The molecule has 1 N–H and O–H groups in total. The van der Waals surface area contributed by atoms with Crippen LogP contribution in [-0.4, -0.2) is 49.6 Å². The molecule has 0 aromatic carbocycles. The van der Waals surface area contributed by atoms with E-state index in [0.717, 1.165) is 32.1 Å². The number of nitrogens with one attached hydrogen (secondary N) is 1. The minimum absolute atomic E-state index is 0.0463. The van der Waals surface area contributed by atoms with Crippen LogP contribution in [0, 0.1) is 11.3 Å². The molecule has 27 heavy (non-hydrogen) atoms. The molecular formula is C16H18F3N3O4S. The van der Waals surface area contributed by atoms with Crippen molar-refractivity contribution in [2.45, 2.75) is 36.6 Å². The number of sulfone groups is 1. The maximum absolute atomic E-state index is 12.4. The van der Waals surface area contributed by atoms with E-state index in [0.29, 0.717) is 5.56 Å². The zero-order chi connectivity index (χ0) is 20.5. The molecule has 0 bridgehead atoms. The number of carbonyl (C=O) groups is 1. The van der Waals surface area contributed by atoms with E-state index in [1.165, 1.54) is 6.20 Å². The molecule has 0 aliphatic heterocycles. The maximum atomic E-state index is 12.4. The Balaban J connectivity index is 2.18. The summed E-state index contributed by atoms with van der Waals surface area (Å²) in [6.07, 6.45) is -0.780. The highest BCUT2D eigenvalue weighted by molar-refractivity contribution is 7.92. The SMILES string of the molecule is CC(C#N)(CNC(=O)c1cc(OCC(F)(F)F)c(C2CC2)cn1)S(C)(=O)=O. The van der Waals surface area contributed by atoms with Crippen molar-refractivity contribution in [3.05, 3.63) is 23.5 Å². The molecule has 0 saturated heterocycles. The Morgan fingerprint density at radius 3 is 2.56 bits per heavy atom. The summed E-state index contributed by atoms with van der Waals surface area (Å²) in [5.41, 5.74) is 0.263. The number of nitrogens with zero attached hydrogens (tertiary/aromatic N) is 2. The zero-order valence-corrected chi connectivity index (χ0v) is 15.4. The smallest absolute Gasteiger partial charge is 0.422 e. The standard InChI is InChI=1S/C16H18F3N3O4S/c1-15(7-20,27(2,24)25)8-22-14(23)12-5-13(26-9-16(17,18)19)11(6-21-12)10-3-4-10/h5-6,10H,3-4,8-9H2,1-2H3,(H,22,23). The zero-order valence-electron chi connectivity index (χ0n) is 14.6. The number of aromatic nitrogens is 1. The van der Waals surface area contributed by atoms with Gasteiger partial charge in [-0.2, -0.15) is 18.4 Å². The first-order valence-electron chi connectivity index (χ1n) is 7.95. The second kappa shape index (κ2) is 7.34. The van der Waals surface area contributed by atoms with Crippen LogP contribution in [0.1, 0.15) is 41.7 Å². The Bertz CT molecular complexity index is 876. The third kappa shape index (κ3) is 5.32. The van der Waals surface area contributed by atoms with Gasteiger partial charge in [-0.1, -0.05) is 0 Å². The maximum Gasteiger partial charge on any atom is 0.422 e. The molecule has 0 radical (unpaired) electrons. The molecule has 1 saturated carbocycles. The molecule has 11 heteroatoms. The van der Waals surface area contributed by atoms with Crippen LogP contribution in [0.15, 0.2) is 12.3 Å². The highest BCUT2D eigenvalue weighted by Gasteiger charge is 2.37. The minimum atomic E-state index is -4.53. The number of nitriles is 1. The van der Waals surface area contributed by atoms with E-state index in [4.69, 9.17) is 10.00 Å². The van der Waals surface area contributed by atoms with Crippen molar-refractivity contribution in [3.8, 4) is 11.8 Å². The lowest BCUT2D eigenvalue weighted by Crippen LogP contribution is -2.45. The molecule has 1 aliphatic rings. The molecule has 1 atom stereocenters. The van der Waals surface area contributed by atoms with Crippen LogP contribution in [0.25, 0.3) is 0 Å². The van der Waals surface area contributed by atoms with Crippen LogP contribution >= 0.6 is 0 Å². The van der Waals surface area contributed by atoms with Gasteiger partial charge in [0.05, 0.1) is 12.6 Å². The normalized spacial score (nSPS) is 16.9. The third-order valence-corrected chi connectivity index (χ3v) is 6.05. The summed E-state index contributed by atoms with van der Waals surface area (Å²) in [7, 11) is -3.78. The molecule has 1 heterocycles. The average molecular weight is 405 g/mol. The van der Waals surface area contributed by atoms with Crippen LogP contribution in [0.3, 0.4) is 0 Å². The van der Waals surface area contributed by atoms with Gasteiger partial charge in [0.1, 0.15) is 11.4 Å². The quantitative estimate of drug-likeness (QED) is 0.743. The molecular weight excluding hydrogens is 387 g/mol. The number of pyridine rings is 1. The van der Waals surface area contributed by atoms with Gasteiger partial charge in [-0.15, -0.1) is 0 Å². The molecule has 1 aliphatic carbocycles. The summed E-state index contributed by atoms with van der Waals surface area (Å²) < 4.78 is 63.7. The van der Waals surface area contributed by atoms with E-state index >= 15 is 0 Å². The number of amides is 1. The average Bonchev–Trinajstić information content (AvgIpc) is 3.40. The Hall–Kier alpha value is -2.35. The third-order valence-electron chi connectivity index (χ3n) is 4.18. The van der Waals surface area contributed by atoms with E-state index in [9.17, 15) is 26.4 Å². The number of rotatable bonds is 7. The number of carbonyl (C=O) groups excluding carboxylic acids is 1. The van der Waals surface area contributed by atoms with Gasteiger partial charge in [0.25, 0.3) is 5.91 Å². The van der Waals surface area contributed by atoms with Crippen molar-refractivity contribution < 1.29 is 31.1 Å². The van der Waals surface area contributed by atoms with E-state index in [-0.39, 0.29) is 17.4 Å². The van der Waals surface area contributed by atoms with Crippen LogP contribution in [0.2, 0.25) is 0 Å². The lowest BCUT2D eigenvalue weighted by atomic mass is 10.1. The number of ether oxygens (including phenoxy) is 1. The van der Waals surface area contributed by atoms with Gasteiger partial charge in [-0.05, 0) is 25.7 Å². The predicted octanol–water partition coefficient (Wildman–Crippen LogP) is 1.96. The monoisotopic (exact) mass is 405 g/mol. The summed E-state index contributed by atoms with van der Waals surface area (Å²) in [6, 6.07) is 2.73. The van der Waals surface area contributed by atoms with Crippen molar-refractivity contribution in [3.63, 3.8) is 0 Å². The number of alkyl halides is 3. The molecule has 0 spiro atoms. The van der Waals surface area contributed by atoms with E-state index in [2.05, 4.69) is 10.3 Å². The van der Waals surface area contributed by atoms with Gasteiger partial charge in [0.2, 0.25) is 0 Å². The van der Waals surface area contributed by atoms with Crippen molar-refractivity contribution >= 4 is 15.7 Å². The minimum Gasteiger partial charge on any atom is -0.484 e. The molecule has 148 valence electrons. The van der Waals surface area contributed by atoms with Gasteiger partial charge in [0, 0.05) is 24.1 Å². The van der Waals surface area contributed by atoms with Crippen molar-refractivity contribution in [1.82, 2.24) is 10.3 Å². The first-order valence-corrected chi connectivity index (χ1v) is 9.84. The Labute approximate surface area is 154 Å². The van der Waals surface area contributed by atoms with E-state index in [1.54, 1.807) is 6.07 Å². The van der Waals surface area contributed by atoms with Crippen molar-refractivity contribution in [2.24, 2.45) is 0 Å². The molecule has 1 unspecified atom stereocenters. The Kier molecular flexibility index (Phi) is 5.70. The lowest BCUT2D eigenvalue weighted by molar-refractivity contribution is -0.153. The fourth-order valence-electron chi connectivity index (χ4n) is 2.15. The largest absolute Gasteiger partial charge is 0.484 e. The highest BCUT2D eigenvalue weighted by Crippen LogP contribution is 2.44. The Morgan fingerprint density at radius 1 is 1.44 bits per heavy atom. The summed E-state index contributed by atoms with van der Waals surface area (Å²) in [4.78, 5) is 16.2. The van der Waals surface area contributed by atoms with Gasteiger partial charge >= 0.3 is 6.18 Å². The fraction of sp³-hybridized carbons (Fsp3) is 0.562. The van der Waals surface area contributed by atoms with Gasteiger partial charge in [-0.25, -0.2) is 8.42 Å². The van der Waals surface area contributed by atoms with Crippen LogP contribution in [0.5, 0.6) is 5.75 Å². The number of hydrogen-bond acceptors (Lipinski definition) is 6. The highest BCUT2D eigenvalue weighted by atomic mass is 32.2. The summed E-state index contributed by atoms with van der Waals surface area (Å²) in [5, 5.41) is 11.4. The predicted molar refractivity (Wildman–Crippen MR) is 89.0 cm³/mol. The van der Waals surface area contributed by atoms with Gasteiger partial charge in [-0.3, -0.25) is 9.78 Å². The topological polar surface area (TPSA) is 109 Å². The first kappa shape index (κ1) is 21.0. The second-order valence-corrected chi connectivity index (χ2v) is 9.03. The second-order valence-electron chi connectivity index (χ2n) is 6.58. The fourth-order valence-corrected chi connectivity index (χ4v) is 2.65. The molecule has 2 rings (SSSR count). The summed E-state index contributed by atoms with van der Waals surface area (Å²) >= 11 is 0. The van der Waals surface area contributed by atoms with Crippen molar-refractivity contribution in [1.29, 1.82) is 5.26 Å². The van der Waals surface area contributed by atoms with Crippen LogP contribution in [-0.2, 0) is 9.84 Å². The Morgan fingerprint density at radius 2 is 2.07 bits per heavy atom. The number of halogens is 3. The molecule has 7 nitrogen and oxygen atoms in total. The van der Waals surface area contributed by atoms with Gasteiger partial charge < -0.3 is 10.1 Å². The summed E-state index contributed by atoms with van der Waals surface area (Å²) in [5.74, 6) is -0.856. The van der Waals surface area contributed by atoms with Crippen LogP contribution in [0.4, 0.5) is 13.2 Å². The first-order chi connectivity index (χ1) is 12.4. The van der Waals surface area contributed by atoms with E-state index < -0.39 is 39.8 Å². The molecule has 1 aromatic rings. The number of hydrogen-bond donors (Lipinski definition) is 1. The van der Waals surface area contributed by atoms with E-state index in [1.807, 2.05) is 0 Å².